The van der Waals surface area contributed by atoms with Crippen LogP contribution in [0.25, 0.3) is 0 Å². The number of likely N-dealkylation sites (N-methyl/N-ethyl adjacent to an activating group) is 2. The van der Waals surface area contributed by atoms with Crippen LogP contribution < -0.4 is 0 Å². The van der Waals surface area contributed by atoms with Crippen LogP contribution in [0.1, 0.15) is 12.8 Å². The number of Topliss-reactive ketones (excluding diaryl/α,β-unsaturated/α-hetero) is 1. The van der Waals surface area contributed by atoms with Crippen molar-refractivity contribution >= 4 is 15.6 Å². The van der Waals surface area contributed by atoms with E-state index >= 15 is 0 Å². The second-order valence-electron chi connectivity index (χ2n) is 5.67. The third-order valence-corrected chi connectivity index (χ3v) is 5.71. The molecule has 0 saturated carbocycles. The van der Waals surface area contributed by atoms with Crippen LogP contribution in [-0.4, -0.2) is 88.4 Å². The molecule has 0 aromatic carbocycles. The van der Waals surface area contributed by atoms with Gasteiger partial charge in [-0.2, -0.15) is 0 Å². The van der Waals surface area contributed by atoms with Crippen molar-refractivity contribution in [1.29, 1.82) is 0 Å². The van der Waals surface area contributed by atoms with Gasteiger partial charge in [0.25, 0.3) is 0 Å². The quantitative estimate of drug-likeness (QED) is 0.667. The predicted octanol–water partition coefficient (Wildman–Crippen LogP) is -0.673. The van der Waals surface area contributed by atoms with Gasteiger partial charge in [0.1, 0.15) is 9.84 Å². The van der Waals surface area contributed by atoms with E-state index < -0.39 is 22.3 Å². The van der Waals surface area contributed by atoms with Gasteiger partial charge in [-0.05, 0) is 26.9 Å². The fraction of sp³-hybridized carbons (Fsp3) is 0.923. The Morgan fingerprint density at radius 2 is 1.38 bits per heavy atom. The zero-order valence-corrected chi connectivity index (χ0v) is 13.5. The van der Waals surface area contributed by atoms with Crippen LogP contribution in [0.5, 0.6) is 0 Å². The molecular formula is C13H24N2O5S. The molecule has 3 heterocycles. The van der Waals surface area contributed by atoms with Crippen molar-refractivity contribution in [3.8, 4) is 0 Å². The number of hydrogen-bond acceptors (Lipinski definition) is 7. The highest BCUT2D eigenvalue weighted by molar-refractivity contribution is 7.91. The second-order valence-corrected chi connectivity index (χ2v) is 7.97. The van der Waals surface area contributed by atoms with E-state index in [9.17, 15) is 13.2 Å². The summed E-state index contributed by atoms with van der Waals surface area (Å²) in [5, 5.41) is 0. The minimum Gasteiger partial charge on any atom is -0.354 e. The van der Waals surface area contributed by atoms with Crippen molar-refractivity contribution in [1.82, 2.24) is 9.80 Å². The molecule has 3 aliphatic heterocycles. The number of nitrogens with zero attached hydrogens (tertiary/aromatic N) is 2. The van der Waals surface area contributed by atoms with Gasteiger partial charge < -0.3 is 9.47 Å². The summed E-state index contributed by atoms with van der Waals surface area (Å²) < 4.78 is 31.6. The molecule has 0 spiro atoms. The number of carbonyl (C=O) groups is 1. The van der Waals surface area contributed by atoms with Crippen molar-refractivity contribution in [3.05, 3.63) is 0 Å². The van der Waals surface area contributed by atoms with E-state index in [0.29, 0.717) is 24.7 Å². The number of rotatable bonds is 2. The van der Waals surface area contributed by atoms with Crippen LogP contribution in [0, 0.1) is 0 Å². The van der Waals surface area contributed by atoms with E-state index in [0.717, 1.165) is 25.9 Å². The van der Waals surface area contributed by atoms with Crippen molar-refractivity contribution < 1.29 is 22.7 Å². The maximum atomic E-state index is 11.9. The minimum atomic E-state index is -2.55. The van der Waals surface area contributed by atoms with Gasteiger partial charge in [-0.1, -0.05) is 0 Å². The summed E-state index contributed by atoms with van der Waals surface area (Å²) in [6.45, 7) is 2.88. The van der Waals surface area contributed by atoms with E-state index in [1.54, 1.807) is 0 Å². The van der Waals surface area contributed by atoms with Crippen LogP contribution >= 0.6 is 0 Å². The average Bonchev–Trinajstić information content (AvgIpc) is 3.12. The van der Waals surface area contributed by atoms with Crippen LogP contribution in [0.3, 0.4) is 0 Å². The number of ether oxygens (including phenoxy) is 2. The van der Waals surface area contributed by atoms with Crippen molar-refractivity contribution in [2.75, 3.05) is 51.9 Å². The number of hydrogen-bond donors (Lipinski definition) is 0. The molecule has 3 saturated heterocycles. The Morgan fingerprint density at radius 3 is 1.62 bits per heavy atom. The molecule has 7 nitrogen and oxygen atoms in total. The average molecular weight is 320 g/mol. The van der Waals surface area contributed by atoms with Gasteiger partial charge in [0.05, 0.1) is 24.7 Å². The lowest BCUT2D eigenvalue weighted by Crippen LogP contribution is -2.45. The van der Waals surface area contributed by atoms with Crippen LogP contribution in [0.15, 0.2) is 0 Å². The third kappa shape index (κ3) is 4.46. The first-order valence-corrected chi connectivity index (χ1v) is 9.11. The summed E-state index contributed by atoms with van der Waals surface area (Å²) in [6.07, 6.45) is 0.922. The standard InChI is InChI=1S/C9H16N2O3.C4H8O2S/c1-10-3-5-13-8(10)7(12)9-11(2)4-6-14-9;5-7(6)3-1-2-4-7/h8-9H,3-6H2,1-2H3;1-4H2. The second kappa shape index (κ2) is 7.15. The van der Waals surface area contributed by atoms with Crippen molar-refractivity contribution in [2.24, 2.45) is 0 Å². The molecule has 21 heavy (non-hydrogen) atoms. The molecule has 3 rings (SSSR count). The normalized spacial score (nSPS) is 32.9. The van der Waals surface area contributed by atoms with Gasteiger partial charge in [0, 0.05) is 13.1 Å². The largest absolute Gasteiger partial charge is 0.354 e. The van der Waals surface area contributed by atoms with Gasteiger partial charge in [-0.15, -0.1) is 0 Å². The van der Waals surface area contributed by atoms with Crippen molar-refractivity contribution in [2.45, 2.75) is 25.3 Å². The zero-order chi connectivity index (χ0) is 15.5. The Hall–Kier alpha value is -0.540. The molecule has 0 bridgehead atoms. The van der Waals surface area contributed by atoms with E-state index in [-0.39, 0.29) is 5.78 Å². The Kier molecular flexibility index (Phi) is 5.73. The van der Waals surface area contributed by atoms with Crippen molar-refractivity contribution in [3.63, 3.8) is 0 Å². The lowest BCUT2D eigenvalue weighted by atomic mass is 10.3. The van der Waals surface area contributed by atoms with Gasteiger partial charge in [-0.25, -0.2) is 8.42 Å². The van der Waals surface area contributed by atoms with Gasteiger partial charge in [0.2, 0.25) is 5.78 Å². The third-order valence-electron chi connectivity index (χ3n) is 3.89. The molecule has 122 valence electrons. The number of ketones is 1. The summed E-state index contributed by atoms with van der Waals surface area (Å²) in [7, 11) is 1.24. The number of carbonyl (C=O) groups excluding carboxylic acids is 1. The number of sulfone groups is 1. The lowest BCUT2D eigenvalue weighted by molar-refractivity contribution is -0.148. The van der Waals surface area contributed by atoms with Gasteiger partial charge >= 0.3 is 0 Å². The summed E-state index contributed by atoms with van der Waals surface area (Å²) >= 11 is 0. The molecule has 0 aromatic heterocycles. The van der Waals surface area contributed by atoms with Gasteiger partial charge in [0.15, 0.2) is 12.5 Å². The maximum Gasteiger partial charge on any atom is 0.220 e. The summed E-state index contributed by atoms with van der Waals surface area (Å²) in [4.78, 5) is 15.8. The van der Waals surface area contributed by atoms with E-state index in [1.165, 1.54) is 0 Å². The molecule has 0 amide bonds. The summed E-state index contributed by atoms with van der Waals surface area (Å²) in [5.74, 6) is 0.866. The predicted molar refractivity (Wildman–Crippen MR) is 77.6 cm³/mol. The highest BCUT2D eigenvalue weighted by Crippen LogP contribution is 2.16. The molecule has 0 aliphatic carbocycles. The molecule has 0 N–H and O–H groups in total. The summed E-state index contributed by atoms with van der Waals surface area (Å²) in [5.41, 5.74) is 0. The fourth-order valence-corrected chi connectivity index (χ4v) is 4.06. The highest BCUT2D eigenvalue weighted by atomic mass is 32.2. The molecule has 3 fully saturated rings. The monoisotopic (exact) mass is 320 g/mol. The van der Waals surface area contributed by atoms with Crippen LogP contribution in [0.4, 0.5) is 0 Å². The fourth-order valence-electron chi connectivity index (χ4n) is 2.57. The molecular weight excluding hydrogens is 296 g/mol. The Bertz CT molecular complexity index is 433. The molecule has 0 radical (unpaired) electrons. The SMILES string of the molecule is CN1CCOC1C(=O)C1OCCN1C.O=S1(=O)CCCC1. The first-order chi connectivity index (χ1) is 9.91. The Balaban J connectivity index is 0.000000194. The molecule has 3 aliphatic rings. The minimum absolute atomic E-state index is 0.0185. The smallest absolute Gasteiger partial charge is 0.220 e. The highest BCUT2D eigenvalue weighted by Gasteiger charge is 2.38. The van der Waals surface area contributed by atoms with Crippen LogP contribution in [0.2, 0.25) is 0 Å². The zero-order valence-electron chi connectivity index (χ0n) is 12.7. The maximum absolute atomic E-state index is 11.9. The van der Waals surface area contributed by atoms with E-state index in [2.05, 4.69) is 0 Å². The van der Waals surface area contributed by atoms with Crippen LogP contribution in [-0.2, 0) is 24.1 Å². The molecule has 2 unspecified atom stereocenters. The topological polar surface area (TPSA) is 76.2 Å². The molecule has 8 heteroatoms. The molecule has 0 aromatic rings. The Labute approximate surface area is 126 Å². The van der Waals surface area contributed by atoms with Gasteiger partial charge in [-0.3, -0.25) is 14.6 Å². The summed E-state index contributed by atoms with van der Waals surface area (Å²) in [6, 6.07) is 0. The lowest BCUT2D eigenvalue weighted by Gasteiger charge is -2.23. The first-order valence-electron chi connectivity index (χ1n) is 7.28. The first kappa shape index (κ1) is 16.8. The Morgan fingerprint density at radius 1 is 0.952 bits per heavy atom. The molecule has 2 atom stereocenters. The van der Waals surface area contributed by atoms with E-state index in [4.69, 9.17) is 9.47 Å². The van der Waals surface area contributed by atoms with E-state index in [1.807, 2.05) is 23.9 Å².